The average molecular weight is 254 g/mol. The van der Waals surface area contributed by atoms with Gasteiger partial charge in [-0.15, -0.1) is 0 Å². The van der Waals surface area contributed by atoms with Crippen LogP contribution in [0.3, 0.4) is 0 Å². The first-order chi connectivity index (χ1) is 8.47. The molecule has 5 nitrogen and oxygen atoms in total. The van der Waals surface area contributed by atoms with Crippen LogP contribution in [-0.2, 0) is 11.8 Å². The highest BCUT2D eigenvalue weighted by Crippen LogP contribution is 2.42. The Balaban J connectivity index is 2.30. The van der Waals surface area contributed by atoms with E-state index in [1.165, 1.54) is 0 Å². The molecule has 5 atom stereocenters. The highest BCUT2D eigenvalue weighted by Gasteiger charge is 2.43. The number of methoxy groups -OCH3 is 1. The predicted molar refractivity (Wildman–Crippen MR) is 67.4 cm³/mol. The third-order valence-corrected chi connectivity index (χ3v) is 4.13. The maximum atomic E-state index is 10.6. The largest absolute Gasteiger partial charge is 0.493 e. The monoisotopic (exact) mass is 254 g/mol. The van der Waals surface area contributed by atoms with E-state index in [4.69, 9.17) is 9.47 Å². The molecular weight excluding hydrogens is 232 g/mol. The molecule has 0 aromatic carbocycles. The van der Waals surface area contributed by atoms with Crippen molar-refractivity contribution in [2.24, 2.45) is 18.9 Å². The number of aryl methyl sites for hydroxylation is 1. The number of aliphatic hydroxyl groups is 1. The predicted octanol–water partition coefficient (Wildman–Crippen LogP) is 1.52. The SMILES string of the molecule is COc1cnn(C)c1C(O)C1C(C)OC(C)C1C. The van der Waals surface area contributed by atoms with Crippen molar-refractivity contribution in [1.29, 1.82) is 0 Å². The van der Waals surface area contributed by atoms with Crippen molar-refractivity contribution in [2.75, 3.05) is 7.11 Å². The normalized spacial score (nSPS) is 33.7. The number of nitrogens with zero attached hydrogens (tertiary/aromatic N) is 2. The van der Waals surface area contributed by atoms with E-state index in [1.54, 1.807) is 18.0 Å². The van der Waals surface area contributed by atoms with Crippen LogP contribution in [0.4, 0.5) is 0 Å². The van der Waals surface area contributed by atoms with E-state index in [-0.39, 0.29) is 18.1 Å². The number of hydrogen-bond acceptors (Lipinski definition) is 4. The molecule has 102 valence electrons. The molecule has 5 unspecified atom stereocenters. The fourth-order valence-electron chi connectivity index (χ4n) is 2.94. The molecule has 0 amide bonds. The van der Waals surface area contributed by atoms with E-state index in [1.807, 2.05) is 20.9 Å². The summed E-state index contributed by atoms with van der Waals surface area (Å²) in [6.45, 7) is 6.18. The van der Waals surface area contributed by atoms with Gasteiger partial charge >= 0.3 is 0 Å². The Kier molecular flexibility index (Phi) is 3.64. The molecule has 2 heterocycles. The molecule has 1 aliphatic rings. The number of ether oxygens (including phenoxy) is 2. The molecule has 1 aromatic heterocycles. The summed E-state index contributed by atoms with van der Waals surface area (Å²) in [4.78, 5) is 0. The number of aliphatic hydroxyl groups excluding tert-OH is 1. The van der Waals surface area contributed by atoms with Crippen LogP contribution in [0.15, 0.2) is 6.20 Å². The van der Waals surface area contributed by atoms with Gasteiger partial charge in [0.2, 0.25) is 0 Å². The molecule has 0 radical (unpaired) electrons. The zero-order chi connectivity index (χ0) is 13.4. The van der Waals surface area contributed by atoms with Crippen LogP contribution in [0, 0.1) is 11.8 Å². The minimum atomic E-state index is -0.623. The van der Waals surface area contributed by atoms with Gasteiger partial charge in [0.05, 0.1) is 25.5 Å². The second kappa shape index (κ2) is 4.90. The molecule has 1 N–H and O–H groups in total. The van der Waals surface area contributed by atoms with Crippen molar-refractivity contribution in [3.63, 3.8) is 0 Å². The first kappa shape index (κ1) is 13.4. The highest BCUT2D eigenvalue weighted by atomic mass is 16.5. The smallest absolute Gasteiger partial charge is 0.162 e. The van der Waals surface area contributed by atoms with Gasteiger partial charge in [-0.05, 0) is 19.8 Å². The van der Waals surface area contributed by atoms with Crippen LogP contribution >= 0.6 is 0 Å². The molecule has 0 bridgehead atoms. The Hall–Kier alpha value is -1.07. The summed E-state index contributed by atoms with van der Waals surface area (Å²) in [6, 6.07) is 0. The van der Waals surface area contributed by atoms with Gasteiger partial charge in [0.15, 0.2) is 5.75 Å². The Morgan fingerprint density at radius 1 is 1.39 bits per heavy atom. The van der Waals surface area contributed by atoms with Gasteiger partial charge in [-0.25, -0.2) is 0 Å². The lowest BCUT2D eigenvalue weighted by Crippen LogP contribution is -2.26. The summed E-state index contributed by atoms with van der Waals surface area (Å²) in [5, 5.41) is 14.8. The van der Waals surface area contributed by atoms with Crippen molar-refractivity contribution < 1.29 is 14.6 Å². The molecular formula is C13H22N2O3. The lowest BCUT2D eigenvalue weighted by Gasteiger charge is -2.25. The summed E-state index contributed by atoms with van der Waals surface area (Å²) >= 11 is 0. The average Bonchev–Trinajstić information content (AvgIpc) is 2.80. The lowest BCUT2D eigenvalue weighted by molar-refractivity contribution is 0.0198. The molecule has 18 heavy (non-hydrogen) atoms. The number of hydrogen-bond donors (Lipinski definition) is 1. The first-order valence-electron chi connectivity index (χ1n) is 6.36. The second-order valence-corrected chi connectivity index (χ2v) is 5.15. The Labute approximate surface area is 108 Å². The first-order valence-corrected chi connectivity index (χ1v) is 6.36. The Morgan fingerprint density at radius 3 is 2.56 bits per heavy atom. The molecule has 1 aromatic rings. The van der Waals surface area contributed by atoms with Crippen LogP contribution in [0.5, 0.6) is 5.75 Å². The fourth-order valence-corrected chi connectivity index (χ4v) is 2.94. The maximum absolute atomic E-state index is 10.6. The molecule has 0 saturated carbocycles. The highest BCUT2D eigenvalue weighted by molar-refractivity contribution is 5.28. The van der Waals surface area contributed by atoms with Crippen LogP contribution in [0.2, 0.25) is 0 Å². The summed E-state index contributed by atoms with van der Waals surface area (Å²) in [5.41, 5.74) is 0.721. The van der Waals surface area contributed by atoms with Crippen molar-refractivity contribution in [3.05, 3.63) is 11.9 Å². The van der Waals surface area contributed by atoms with E-state index in [9.17, 15) is 5.11 Å². The summed E-state index contributed by atoms with van der Waals surface area (Å²) in [6.07, 6.45) is 1.21. The topological polar surface area (TPSA) is 56.5 Å². The minimum absolute atomic E-state index is 0.0320. The zero-order valence-corrected chi connectivity index (χ0v) is 11.6. The van der Waals surface area contributed by atoms with Gasteiger partial charge < -0.3 is 14.6 Å². The van der Waals surface area contributed by atoms with Crippen molar-refractivity contribution in [2.45, 2.75) is 39.1 Å². The summed E-state index contributed by atoms with van der Waals surface area (Å²) in [5.74, 6) is 0.989. The van der Waals surface area contributed by atoms with Gasteiger partial charge in [0, 0.05) is 13.0 Å². The lowest BCUT2D eigenvalue weighted by atomic mass is 9.83. The van der Waals surface area contributed by atoms with Gasteiger partial charge in [-0.1, -0.05) is 6.92 Å². The van der Waals surface area contributed by atoms with E-state index in [0.717, 1.165) is 5.69 Å². The van der Waals surface area contributed by atoms with E-state index in [0.29, 0.717) is 11.7 Å². The molecule has 1 saturated heterocycles. The Bertz CT molecular complexity index is 418. The fraction of sp³-hybridized carbons (Fsp3) is 0.769. The van der Waals surface area contributed by atoms with Crippen LogP contribution in [0.25, 0.3) is 0 Å². The van der Waals surface area contributed by atoms with Crippen molar-refractivity contribution >= 4 is 0 Å². The van der Waals surface area contributed by atoms with Crippen LogP contribution in [0.1, 0.15) is 32.6 Å². The summed E-state index contributed by atoms with van der Waals surface area (Å²) < 4.78 is 12.7. The van der Waals surface area contributed by atoms with Gasteiger partial charge in [0.25, 0.3) is 0 Å². The van der Waals surface area contributed by atoms with Crippen molar-refractivity contribution in [3.8, 4) is 5.75 Å². The summed E-state index contributed by atoms with van der Waals surface area (Å²) in [7, 11) is 3.41. The molecule has 5 heteroatoms. The van der Waals surface area contributed by atoms with Crippen molar-refractivity contribution in [1.82, 2.24) is 9.78 Å². The minimum Gasteiger partial charge on any atom is -0.493 e. The van der Waals surface area contributed by atoms with E-state index < -0.39 is 6.10 Å². The van der Waals surface area contributed by atoms with E-state index >= 15 is 0 Å². The third kappa shape index (κ3) is 2.01. The third-order valence-electron chi connectivity index (χ3n) is 4.13. The molecule has 1 aliphatic heterocycles. The maximum Gasteiger partial charge on any atom is 0.162 e. The molecule has 0 spiro atoms. The Morgan fingerprint density at radius 2 is 2.06 bits per heavy atom. The van der Waals surface area contributed by atoms with Gasteiger partial charge in [0.1, 0.15) is 11.8 Å². The zero-order valence-electron chi connectivity index (χ0n) is 11.6. The number of rotatable bonds is 3. The second-order valence-electron chi connectivity index (χ2n) is 5.15. The molecule has 1 fully saturated rings. The van der Waals surface area contributed by atoms with Gasteiger partial charge in [-0.3, -0.25) is 4.68 Å². The molecule has 2 rings (SSSR count). The number of aromatic nitrogens is 2. The standard InChI is InChI=1S/C13H22N2O3/c1-7-8(2)18-9(3)11(7)13(16)12-10(17-5)6-14-15(12)4/h6-9,11,13,16H,1-5H3. The van der Waals surface area contributed by atoms with E-state index in [2.05, 4.69) is 12.0 Å². The van der Waals surface area contributed by atoms with Gasteiger partial charge in [-0.2, -0.15) is 5.10 Å². The van der Waals surface area contributed by atoms with Crippen LogP contribution in [-0.4, -0.2) is 34.2 Å². The van der Waals surface area contributed by atoms with Crippen LogP contribution < -0.4 is 4.74 Å². The quantitative estimate of drug-likeness (QED) is 0.888. The molecule has 0 aliphatic carbocycles.